The zero-order chi connectivity index (χ0) is 24.0. The molecule has 0 N–H and O–H groups in total. The maximum atomic E-state index is 13.0. The molecule has 5 rings (SSSR count). The Labute approximate surface area is 213 Å². The molecule has 35 heavy (non-hydrogen) atoms. The van der Waals surface area contributed by atoms with Gasteiger partial charge in [-0.25, -0.2) is 0 Å². The highest BCUT2D eigenvalue weighted by molar-refractivity contribution is 7.99. The van der Waals surface area contributed by atoms with Crippen molar-refractivity contribution in [1.29, 1.82) is 0 Å². The molecule has 0 unspecified atom stereocenters. The summed E-state index contributed by atoms with van der Waals surface area (Å²) >= 11 is 7.91. The number of benzene rings is 2. The standard InChI is InChI=1S/C26H25ClN6OS/c27-22-8-4-5-9-23(22)33-25(21-10-12-28-13-11-21)29-30-26(33)35-19-24(34)32-16-14-31(15-17-32)18-20-6-2-1-3-7-20/h1-13H,14-19H2. The number of nitrogens with zero attached hydrogens (tertiary/aromatic N) is 6. The van der Waals surface area contributed by atoms with Gasteiger partial charge in [0.25, 0.3) is 0 Å². The molecule has 7 nitrogen and oxygen atoms in total. The van der Waals surface area contributed by atoms with Crippen molar-refractivity contribution >= 4 is 29.3 Å². The molecule has 2 aromatic carbocycles. The molecule has 0 bridgehead atoms. The lowest BCUT2D eigenvalue weighted by Crippen LogP contribution is -2.48. The first-order valence-electron chi connectivity index (χ1n) is 11.5. The molecule has 0 atom stereocenters. The number of halogens is 1. The Bertz CT molecular complexity index is 1280. The molecule has 0 aliphatic carbocycles. The fraction of sp³-hybridized carbons (Fsp3) is 0.231. The van der Waals surface area contributed by atoms with Crippen molar-refractivity contribution < 1.29 is 4.79 Å². The summed E-state index contributed by atoms with van der Waals surface area (Å²) in [5.41, 5.74) is 2.95. The van der Waals surface area contributed by atoms with Crippen molar-refractivity contribution in [2.24, 2.45) is 0 Å². The summed E-state index contributed by atoms with van der Waals surface area (Å²) < 4.78 is 1.91. The average Bonchev–Trinajstić information content (AvgIpc) is 3.33. The first-order valence-corrected chi connectivity index (χ1v) is 12.8. The Morgan fingerprint density at radius 1 is 0.886 bits per heavy atom. The molecular formula is C26H25ClN6OS. The van der Waals surface area contributed by atoms with E-state index in [9.17, 15) is 4.79 Å². The summed E-state index contributed by atoms with van der Waals surface area (Å²) in [5, 5.41) is 10.0. The predicted octanol–water partition coefficient (Wildman–Crippen LogP) is 4.42. The lowest BCUT2D eigenvalue weighted by atomic mass is 10.2. The van der Waals surface area contributed by atoms with E-state index in [2.05, 4.69) is 44.3 Å². The van der Waals surface area contributed by atoms with Crippen LogP contribution in [0.25, 0.3) is 17.1 Å². The van der Waals surface area contributed by atoms with Crippen LogP contribution in [-0.2, 0) is 11.3 Å². The third kappa shape index (κ3) is 5.56. The van der Waals surface area contributed by atoms with E-state index in [1.165, 1.54) is 17.3 Å². The van der Waals surface area contributed by atoms with Gasteiger partial charge in [0.2, 0.25) is 5.91 Å². The van der Waals surface area contributed by atoms with Crippen LogP contribution in [-0.4, -0.2) is 67.4 Å². The van der Waals surface area contributed by atoms with Crippen LogP contribution in [0.5, 0.6) is 0 Å². The summed E-state index contributed by atoms with van der Waals surface area (Å²) in [6.45, 7) is 4.11. The second-order valence-corrected chi connectivity index (χ2v) is 9.61. The van der Waals surface area contributed by atoms with Gasteiger partial charge in [0, 0.05) is 50.7 Å². The summed E-state index contributed by atoms with van der Waals surface area (Å²) in [7, 11) is 0. The molecule has 1 aliphatic heterocycles. The Balaban J connectivity index is 1.26. The van der Waals surface area contributed by atoms with E-state index in [0.717, 1.165) is 44.0 Å². The molecule has 9 heteroatoms. The van der Waals surface area contributed by atoms with Crippen LogP contribution in [0.4, 0.5) is 0 Å². The van der Waals surface area contributed by atoms with Gasteiger partial charge >= 0.3 is 0 Å². The number of hydrogen-bond acceptors (Lipinski definition) is 6. The van der Waals surface area contributed by atoms with Crippen molar-refractivity contribution in [3.8, 4) is 17.1 Å². The zero-order valence-corrected chi connectivity index (χ0v) is 20.7. The fourth-order valence-corrected chi connectivity index (χ4v) is 5.18. The Morgan fingerprint density at radius 2 is 1.60 bits per heavy atom. The SMILES string of the molecule is O=C(CSc1nnc(-c2ccncc2)n1-c1ccccc1Cl)N1CCN(Cc2ccccc2)CC1. The highest BCUT2D eigenvalue weighted by Crippen LogP contribution is 2.31. The molecular weight excluding hydrogens is 480 g/mol. The van der Waals surface area contributed by atoms with Crippen LogP contribution in [0.3, 0.4) is 0 Å². The highest BCUT2D eigenvalue weighted by Gasteiger charge is 2.23. The molecule has 0 spiro atoms. The van der Waals surface area contributed by atoms with Crippen molar-refractivity contribution in [3.05, 3.63) is 89.7 Å². The van der Waals surface area contributed by atoms with E-state index in [1.54, 1.807) is 12.4 Å². The van der Waals surface area contributed by atoms with Gasteiger partial charge in [0.15, 0.2) is 11.0 Å². The van der Waals surface area contributed by atoms with Gasteiger partial charge in [-0.15, -0.1) is 10.2 Å². The van der Waals surface area contributed by atoms with Crippen LogP contribution >= 0.6 is 23.4 Å². The van der Waals surface area contributed by atoms with Crippen LogP contribution in [0.1, 0.15) is 5.56 Å². The molecule has 1 aliphatic rings. The second kappa shape index (κ2) is 11.0. The van der Waals surface area contributed by atoms with Crippen molar-refractivity contribution in [3.63, 3.8) is 0 Å². The number of rotatable bonds is 7. The van der Waals surface area contributed by atoms with E-state index >= 15 is 0 Å². The first kappa shape index (κ1) is 23.5. The summed E-state index contributed by atoms with van der Waals surface area (Å²) in [5.74, 6) is 1.05. The third-order valence-electron chi connectivity index (χ3n) is 5.96. The summed E-state index contributed by atoms with van der Waals surface area (Å²) in [6, 6.07) is 21.8. The van der Waals surface area contributed by atoms with E-state index < -0.39 is 0 Å². The van der Waals surface area contributed by atoms with Crippen LogP contribution < -0.4 is 0 Å². The van der Waals surface area contributed by atoms with Crippen LogP contribution in [0.2, 0.25) is 5.02 Å². The Kier molecular flexibility index (Phi) is 7.42. The summed E-state index contributed by atoms with van der Waals surface area (Å²) in [6.07, 6.45) is 3.43. The third-order valence-corrected chi connectivity index (χ3v) is 7.20. The molecule has 4 aromatic rings. The van der Waals surface area contributed by atoms with Crippen molar-refractivity contribution in [2.75, 3.05) is 31.9 Å². The van der Waals surface area contributed by atoms with Gasteiger partial charge in [0.1, 0.15) is 0 Å². The lowest BCUT2D eigenvalue weighted by Gasteiger charge is -2.34. The predicted molar refractivity (Wildman–Crippen MR) is 139 cm³/mol. The average molecular weight is 505 g/mol. The van der Waals surface area contributed by atoms with Gasteiger partial charge < -0.3 is 4.90 Å². The molecule has 0 radical (unpaired) electrons. The van der Waals surface area contributed by atoms with Crippen LogP contribution in [0, 0.1) is 0 Å². The Hall–Kier alpha value is -3.20. The number of amides is 1. The Morgan fingerprint density at radius 3 is 2.34 bits per heavy atom. The molecule has 1 amide bonds. The zero-order valence-electron chi connectivity index (χ0n) is 19.1. The lowest BCUT2D eigenvalue weighted by molar-refractivity contribution is -0.130. The molecule has 2 aromatic heterocycles. The molecule has 3 heterocycles. The van der Waals surface area contributed by atoms with Crippen molar-refractivity contribution in [1.82, 2.24) is 29.5 Å². The van der Waals surface area contributed by atoms with Gasteiger partial charge in [-0.2, -0.15) is 0 Å². The molecule has 1 fully saturated rings. The number of pyridine rings is 1. The number of thioether (sulfide) groups is 1. The van der Waals surface area contributed by atoms with E-state index in [0.29, 0.717) is 16.0 Å². The summed E-state index contributed by atoms with van der Waals surface area (Å²) in [4.78, 5) is 21.4. The maximum absolute atomic E-state index is 13.0. The normalized spacial score (nSPS) is 14.3. The number of aromatic nitrogens is 4. The minimum Gasteiger partial charge on any atom is -0.339 e. The topological polar surface area (TPSA) is 67.2 Å². The highest BCUT2D eigenvalue weighted by atomic mass is 35.5. The second-order valence-electron chi connectivity index (χ2n) is 8.26. The number of hydrogen-bond donors (Lipinski definition) is 0. The maximum Gasteiger partial charge on any atom is 0.233 e. The fourth-order valence-electron chi connectivity index (χ4n) is 4.12. The van der Waals surface area contributed by atoms with E-state index in [1.807, 2.05) is 51.9 Å². The molecule has 1 saturated heterocycles. The molecule has 178 valence electrons. The number of carbonyl (C=O) groups is 1. The van der Waals surface area contributed by atoms with Gasteiger partial charge in [-0.1, -0.05) is 65.8 Å². The first-order chi connectivity index (χ1) is 17.2. The van der Waals surface area contributed by atoms with Gasteiger partial charge in [0.05, 0.1) is 16.5 Å². The monoisotopic (exact) mass is 504 g/mol. The van der Waals surface area contributed by atoms with Crippen LogP contribution in [0.15, 0.2) is 84.3 Å². The minimum absolute atomic E-state index is 0.105. The minimum atomic E-state index is 0.105. The molecule has 0 saturated carbocycles. The quantitative estimate of drug-likeness (QED) is 0.347. The van der Waals surface area contributed by atoms with E-state index in [-0.39, 0.29) is 11.7 Å². The smallest absolute Gasteiger partial charge is 0.233 e. The largest absolute Gasteiger partial charge is 0.339 e. The van der Waals surface area contributed by atoms with Gasteiger partial charge in [-0.3, -0.25) is 19.2 Å². The number of para-hydroxylation sites is 1. The van der Waals surface area contributed by atoms with Crippen molar-refractivity contribution in [2.45, 2.75) is 11.7 Å². The van der Waals surface area contributed by atoms with E-state index in [4.69, 9.17) is 11.6 Å². The number of piperazine rings is 1. The van der Waals surface area contributed by atoms with Gasteiger partial charge in [-0.05, 0) is 29.8 Å². The number of carbonyl (C=O) groups excluding carboxylic acids is 1.